The highest BCUT2D eigenvalue weighted by molar-refractivity contribution is 6.62. The lowest BCUT2D eigenvalue weighted by Gasteiger charge is -2.32. The summed E-state index contributed by atoms with van der Waals surface area (Å²) in [7, 11) is -0.822. The van der Waals surface area contributed by atoms with Crippen molar-refractivity contribution < 1.29 is 13.7 Å². The highest BCUT2D eigenvalue weighted by atomic mass is 19.1. The lowest BCUT2D eigenvalue weighted by Crippen LogP contribution is -2.41. The van der Waals surface area contributed by atoms with Crippen molar-refractivity contribution in [1.29, 1.82) is 0 Å². The molecule has 0 amide bonds. The van der Waals surface area contributed by atoms with E-state index in [0.29, 0.717) is 0 Å². The van der Waals surface area contributed by atoms with Crippen molar-refractivity contribution in [2.24, 2.45) is 5.18 Å². The molecule has 1 aliphatic rings. The molecule has 0 radical (unpaired) electrons. The molecule has 0 aromatic heterocycles. The first kappa shape index (κ1) is 13.2. The normalized spacial score (nSPS) is 21.1. The quantitative estimate of drug-likeness (QED) is 0.599. The highest BCUT2D eigenvalue weighted by Gasteiger charge is 2.52. The third kappa shape index (κ3) is 2.06. The summed E-state index contributed by atoms with van der Waals surface area (Å²) in [6.07, 6.45) is 0. The molecule has 0 aliphatic carbocycles. The number of rotatable bonds is 2. The van der Waals surface area contributed by atoms with Gasteiger partial charge >= 0.3 is 7.12 Å². The smallest absolute Gasteiger partial charge is 0.399 e. The fourth-order valence-electron chi connectivity index (χ4n) is 1.74. The maximum absolute atomic E-state index is 13.8. The van der Waals surface area contributed by atoms with Crippen LogP contribution < -0.4 is 5.46 Å². The van der Waals surface area contributed by atoms with Crippen LogP contribution in [0.2, 0.25) is 0 Å². The van der Waals surface area contributed by atoms with Crippen molar-refractivity contribution in [2.75, 3.05) is 0 Å². The molecule has 1 aromatic rings. The van der Waals surface area contributed by atoms with Gasteiger partial charge in [0, 0.05) is 5.46 Å². The standard InChI is InChI=1S/C12H15BFNO3/c1-11(2)12(3,4)18-13(17-11)9-7-8(15-16)5-6-10(9)14/h5-7H,1-4H3. The molecule has 4 nitrogen and oxygen atoms in total. The number of benzene rings is 1. The average Bonchev–Trinajstić information content (AvgIpc) is 2.48. The van der Waals surface area contributed by atoms with Gasteiger partial charge in [0.05, 0.1) is 11.2 Å². The molecule has 0 atom stereocenters. The Morgan fingerprint density at radius 2 is 1.72 bits per heavy atom. The van der Waals surface area contributed by atoms with Crippen molar-refractivity contribution in [3.63, 3.8) is 0 Å². The second-order valence-corrected chi connectivity index (χ2v) is 5.39. The van der Waals surface area contributed by atoms with Gasteiger partial charge in [0.25, 0.3) is 0 Å². The van der Waals surface area contributed by atoms with E-state index >= 15 is 0 Å². The summed E-state index contributed by atoms with van der Waals surface area (Å²) in [5.41, 5.74) is -0.740. The van der Waals surface area contributed by atoms with Gasteiger partial charge in [-0.3, -0.25) is 0 Å². The SMILES string of the molecule is CC1(C)OB(c2cc(N=O)ccc2F)OC1(C)C. The molecule has 1 aromatic carbocycles. The molecule has 0 N–H and O–H groups in total. The molecule has 2 rings (SSSR count). The van der Waals surface area contributed by atoms with Crippen LogP contribution in [0.5, 0.6) is 0 Å². The summed E-state index contributed by atoms with van der Waals surface area (Å²) < 4.78 is 25.2. The molecular formula is C12H15BFNO3. The second-order valence-electron chi connectivity index (χ2n) is 5.39. The summed E-state index contributed by atoms with van der Waals surface area (Å²) in [4.78, 5) is 10.5. The van der Waals surface area contributed by atoms with Gasteiger partial charge in [-0.25, -0.2) is 4.39 Å². The van der Waals surface area contributed by atoms with E-state index in [4.69, 9.17) is 9.31 Å². The van der Waals surface area contributed by atoms with Gasteiger partial charge in [-0.15, -0.1) is 4.91 Å². The van der Waals surface area contributed by atoms with Gasteiger partial charge in [-0.05, 0) is 51.1 Å². The summed E-state index contributed by atoms with van der Waals surface area (Å²) in [6.45, 7) is 7.53. The fourth-order valence-corrected chi connectivity index (χ4v) is 1.74. The van der Waals surface area contributed by atoms with Crippen LogP contribution in [-0.4, -0.2) is 18.3 Å². The summed E-state index contributed by atoms with van der Waals surface area (Å²) in [5, 5.41) is 2.79. The summed E-state index contributed by atoms with van der Waals surface area (Å²) in [6, 6.07) is 3.86. The Hall–Kier alpha value is -1.27. The Kier molecular flexibility index (Phi) is 3.03. The predicted molar refractivity (Wildman–Crippen MR) is 67.6 cm³/mol. The van der Waals surface area contributed by atoms with E-state index in [1.807, 2.05) is 27.7 Å². The van der Waals surface area contributed by atoms with E-state index in [2.05, 4.69) is 5.18 Å². The maximum Gasteiger partial charge on any atom is 0.497 e. The predicted octanol–water partition coefficient (Wildman–Crippen LogP) is 2.52. The van der Waals surface area contributed by atoms with Crippen LogP contribution in [0, 0.1) is 10.7 Å². The van der Waals surface area contributed by atoms with Crippen molar-refractivity contribution in [1.82, 2.24) is 0 Å². The van der Waals surface area contributed by atoms with E-state index in [0.717, 1.165) is 0 Å². The Balaban J connectivity index is 2.37. The largest absolute Gasteiger partial charge is 0.497 e. The van der Waals surface area contributed by atoms with E-state index < -0.39 is 24.1 Å². The van der Waals surface area contributed by atoms with Crippen LogP contribution in [0.4, 0.5) is 10.1 Å². The zero-order valence-corrected chi connectivity index (χ0v) is 10.9. The van der Waals surface area contributed by atoms with Gasteiger partial charge in [-0.1, -0.05) is 0 Å². The zero-order valence-electron chi connectivity index (χ0n) is 10.9. The molecule has 0 saturated carbocycles. The lowest BCUT2D eigenvalue weighted by molar-refractivity contribution is 0.00578. The second kappa shape index (κ2) is 4.14. The van der Waals surface area contributed by atoms with Crippen molar-refractivity contribution in [3.8, 4) is 0 Å². The van der Waals surface area contributed by atoms with Crippen LogP contribution in [0.15, 0.2) is 23.4 Å². The first-order valence-electron chi connectivity index (χ1n) is 5.75. The van der Waals surface area contributed by atoms with Gasteiger partial charge in [0.15, 0.2) is 0 Å². The van der Waals surface area contributed by atoms with Crippen molar-refractivity contribution in [3.05, 3.63) is 28.9 Å². The number of nitrogens with zero attached hydrogens (tertiary/aromatic N) is 1. The minimum Gasteiger partial charge on any atom is -0.399 e. The number of hydrogen-bond donors (Lipinski definition) is 0. The Bertz CT molecular complexity index is 474. The fraction of sp³-hybridized carbons (Fsp3) is 0.500. The first-order chi connectivity index (χ1) is 8.27. The number of hydrogen-bond acceptors (Lipinski definition) is 4. The van der Waals surface area contributed by atoms with E-state index in [9.17, 15) is 9.30 Å². The molecule has 1 saturated heterocycles. The van der Waals surface area contributed by atoms with Crippen molar-refractivity contribution >= 4 is 18.3 Å². The molecule has 96 valence electrons. The molecule has 1 fully saturated rings. The average molecular weight is 251 g/mol. The maximum atomic E-state index is 13.8. The molecular weight excluding hydrogens is 236 g/mol. The Morgan fingerprint density at radius 3 is 2.22 bits per heavy atom. The van der Waals surface area contributed by atoms with Gasteiger partial charge in [0.1, 0.15) is 11.5 Å². The van der Waals surface area contributed by atoms with Gasteiger partial charge < -0.3 is 9.31 Å². The Morgan fingerprint density at radius 1 is 1.17 bits per heavy atom. The number of halogens is 1. The van der Waals surface area contributed by atoms with Crippen LogP contribution in [-0.2, 0) is 9.31 Å². The molecule has 1 heterocycles. The van der Waals surface area contributed by atoms with E-state index in [1.54, 1.807) is 0 Å². The third-order valence-electron chi connectivity index (χ3n) is 3.59. The minimum atomic E-state index is -0.822. The topological polar surface area (TPSA) is 47.9 Å². The van der Waals surface area contributed by atoms with E-state index in [-0.39, 0.29) is 11.2 Å². The lowest BCUT2D eigenvalue weighted by atomic mass is 9.78. The van der Waals surface area contributed by atoms with Gasteiger partial charge in [0.2, 0.25) is 0 Å². The minimum absolute atomic E-state index is 0.154. The molecule has 1 aliphatic heterocycles. The highest BCUT2D eigenvalue weighted by Crippen LogP contribution is 2.36. The van der Waals surface area contributed by atoms with Crippen LogP contribution in [0.25, 0.3) is 0 Å². The van der Waals surface area contributed by atoms with E-state index in [1.165, 1.54) is 18.2 Å². The van der Waals surface area contributed by atoms with Crippen molar-refractivity contribution in [2.45, 2.75) is 38.9 Å². The Labute approximate surface area is 106 Å². The molecule has 0 bridgehead atoms. The van der Waals surface area contributed by atoms with Crippen LogP contribution in [0.3, 0.4) is 0 Å². The zero-order chi connectivity index (χ0) is 13.6. The third-order valence-corrected chi connectivity index (χ3v) is 3.59. The monoisotopic (exact) mass is 251 g/mol. The first-order valence-corrected chi connectivity index (χ1v) is 5.75. The van der Waals surface area contributed by atoms with Crippen LogP contribution >= 0.6 is 0 Å². The molecule has 0 unspecified atom stereocenters. The molecule has 0 spiro atoms. The molecule has 18 heavy (non-hydrogen) atoms. The summed E-state index contributed by atoms with van der Waals surface area (Å²) >= 11 is 0. The number of nitroso groups, excluding NO2 is 1. The summed E-state index contributed by atoms with van der Waals surface area (Å²) in [5.74, 6) is -0.471. The van der Waals surface area contributed by atoms with Crippen LogP contribution in [0.1, 0.15) is 27.7 Å². The molecule has 6 heteroatoms. The van der Waals surface area contributed by atoms with Gasteiger partial charge in [-0.2, -0.15) is 0 Å².